The van der Waals surface area contributed by atoms with Gasteiger partial charge in [0.25, 0.3) is 5.56 Å². The number of fused-ring (bicyclic) bond motifs is 1. The van der Waals surface area contributed by atoms with Gasteiger partial charge in [-0.2, -0.15) is 0 Å². The van der Waals surface area contributed by atoms with Crippen LogP contribution in [0.3, 0.4) is 0 Å². The van der Waals surface area contributed by atoms with E-state index in [0.717, 1.165) is 5.56 Å². The molecular formula is C32H39N5O5. The number of aromatic nitrogens is 3. The summed E-state index contributed by atoms with van der Waals surface area (Å²) in [4.78, 5) is 47.2. The number of hydrogen-bond acceptors (Lipinski definition) is 5. The van der Waals surface area contributed by atoms with Crippen LogP contribution in [0.25, 0.3) is 11.0 Å². The Labute approximate surface area is 245 Å². The molecule has 42 heavy (non-hydrogen) atoms. The average Bonchev–Trinajstić information content (AvgIpc) is 3.37. The van der Waals surface area contributed by atoms with Crippen molar-refractivity contribution in [3.8, 4) is 12.3 Å². The van der Waals surface area contributed by atoms with Gasteiger partial charge in [0.15, 0.2) is 0 Å². The van der Waals surface area contributed by atoms with Crippen molar-refractivity contribution in [2.75, 3.05) is 19.6 Å². The normalized spacial score (nSPS) is 22.6. The maximum atomic E-state index is 14.1. The topological polar surface area (TPSA) is 121 Å². The highest BCUT2D eigenvalue weighted by Gasteiger charge is 2.50. The van der Waals surface area contributed by atoms with E-state index in [1.165, 1.54) is 15.8 Å². The number of likely N-dealkylation sites (tertiary alicyclic amines) is 2. The molecule has 2 amide bonds. The van der Waals surface area contributed by atoms with Crippen molar-refractivity contribution in [2.45, 2.75) is 70.7 Å². The van der Waals surface area contributed by atoms with E-state index >= 15 is 0 Å². The van der Waals surface area contributed by atoms with E-state index in [0.29, 0.717) is 49.9 Å². The molecule has 1 aromatic carbocycles. The van der Waals surface area contributed by atoms with Gasteiger partial charge in [-0.05, 0) is 36.3 Å². The number of amides is 2. The summed E-state index contributed by atoms with van der Waals surface area (Å²) in [5, 5.41) is 22.0. The van der Waals surface area contributed by atoms with E-state index in [4.69, 9.17) is 6.42 Å². The monoisotopic (exact) mass is 573 g/mol. The molecule has 3 aromatic rings. The summed E-state index contributed by atoms with van der Waals surface area (Å²) in [6.07, 6.45) is 8.67. The molecule has 2 aromatic heterocycles. The summed E-state index contributed by atoms with van der Waals surface area (Å²) < 4.78 is 3.16. The van der Waals surface area contributed by atoms with Crippen LogP contribution in [0.5, 0.6) is 0 Å². The first kappa shape index (κ1) is 29.4. The second-order valence-corrected chi connectivity index (χ2v) is 12.7. The van der Waals surface area contributed by atoms with Crippen molar-refractivity contribution >= 4 is 23.0 Å². The number of nitrogens with zero attached hydrogens (tertiary/aromatic N) is 5. The Morgan fingerprint density at radius 3 is 2.40 bits per heavy atom. The molecule has 0 saturated carbocycles. The van der Waals surface area contributed by atoms with Crippen LogP contribution >= 0.6 is 0 Å². The predicted molar refractivity (Wildman–Crippen MR) is 159 cm³/mol. The van der Waals surface area contributed by atoms with Crippen LogP contribution in [0.4, 0.5) is 4.79 Å². The van der Waals surface area contributed by atoms with E-state index in [1.54, 1.807) is 21.7 Å². The maximum Gasteiger partial charge on any atom is 0.407 e. The van der Waals surface area contributed by atoms with Crippen molar-refractivity contribution in [1.82, 2.24) is 23.9 Å². The van der Waals surface area contributed by atoms with Crippen molar-refractivity contribution in [2.24, 2.45) is 11.3 Å². The molecule has 4 heterocycles. The summed E-state index contributed by atoms with van der Waals surface area (Å²) in [5.74, 6) is 1.84. The van der Waals surface area contributed by atoms with Gasteiger partial charge in [0.05, 0.1) is 24.1 Å². The number of carbonyl (C=O) groups excluding carboxylic acids is 1. The van der Waals surface area contributed by atoms with Crippen LogP contribution in [-0.2, 0) is 17.9 Å². The molecule has 5 rings (SSSR count). The molecule has 10 nitrogen and oxygen atoms in total. The Balaban J connectivity index is 1.34. The first-order chi connectivity index (χ1) is 19.9. The van der Waals surface area contributed by atoms with Crippen LogP contribution in [0, 0.1) is 23.7 Å². The van der Waals surface area contributed by atoms with Crippen LogP contribution in [0.15, 0.2) is 53.7 Å². The SMILES string of the molecule is C#CCn1ccc2c(=O)n(CC3(O)CCN(C(=O)[C@@H]4CCN(C(=O)O)C(C(C)(C)C)[C@H]4c4ccccc4)CC3)cnc21. The van der Waals surface area contributed by atoms with Gasteiger partial charge >= 0.3 is 6.09 Å². The minimum Gasteiger partial charge on any atom is -0.465 e. The van der Waals surface area contributed by atoms with Crippen molar-refractivity contribution in [3.63, 3.8) is 0 Å². The zero-order chi connectivity index (χ0) is 30.2. The largest absolute Gasteiger partial charge is 0.465 e. The minimum absolute atomic E-state index is 0.0136. The first-order valence-corrected chi connectivity index (χ1v) is 14.5. The molecule has 10 heteroatoms. The lowest BCUT2D eigenvalue weighted by Crippen LogP contribution is -2.59. The van der Waals surface area contributed by atoms with Gasteiger partial charge in [0.2, 0.25) is 5.91 Å². The first-order valence-electron chi connectivity index (χ1n) is 14.5. The van der Waals surface area contributed by atoms with Crippen LogP contribution in [0.2, 0.25) is 0 Å². The molecule has 0 aliphatic carbocycles. The number of carbonyl (C=O) groups is 2. The van der Waals surface area contributed by atoms with E-state index in [2.05, 4.69) is 10.9 Å². The van der Waals surface area contributed by atoms with Crippen molar-refractivity contribution < 1.29 is 19.8 Å². The fourth-order valence-corrected chi connectivity index (χ4v) is 6.90. The number of rotatable bonds is 5. The molecule has 0 bridgehead atoms. The highest BCUT2D eigenvalue weighted by molar-refractivity contribution is 5.81. The fourth-order valence-electron chi connectivity index (χ4n) is 6.90. The number of terminal acetylenes is 1. The molecule has 2 aliphatic heterocycles. The van der Waals surface area contributed by atoms with Gasteiger partial charge in [-0.25, -0.2) is 9.78 Å². The number of aliphatic hydroxyl groups is 1. The highest BCUT2D eigenvalue weighted by Crippen LogP contribution is 2.45. The Hall–Kier alpha value is -4.10. The Morgan fingerprint density at radius 2 is 1.79 bits per heavy atom. The summed E-state index contributed by atoms with van der Waals surface area (Å²) in [6.45, 7) is 7.44. The van der Waals surface area contributed by atoms with Crippen LogP contribution in [0.1, 0.15) is 51.5 Å². The Bertz CT molecular complexity index is 1560. The third-order valence-corrected chi connectivity index (χ3v) is 8.90. The molecule has 2 N–H and O–H groups in total. The molecule has 1 unspecified atom stereocenters. The van der Waals surface area contributed by atoms with Crippen LogP contribution in [-0.4, -0.2) is 77.4 Å². The molecular weight excluding hydrogens is 534 g/mol. The van der Waals surface area contributed by atoms with Gasteiger partial charge in [-0.1, -0.05) is 57.0 Å². The lowest BCUT2D eigenvalue weighted by atomic mass is 9.66. The molecule has 2 aliphatic rings. The summed E-state index contributed by atoms with van der Waals surface area (Å²) in [7, 11) is 0. The lowest BCUT2D eigenvalue weighted by Gasteiger charge is -2.51. The third-order valence-electron chi connectivity index (χ3n) is 8.90. The number of hydrogen-bond donors (Lipinski definition) is 2. The summed E-state index contributed by atoms with van der Waals surface area (Å²) in [6, 6.07) is 11.0. The van der Waals surface area contributed by atoms with E-state index in [-0.39, 0.29) is 42.4 Å². The molecule has 2 saturated heterocycles. The zero-order valence-electron chi connectivity index (χ0n) is 24.4. The quantitative estimate of drug-likeness (QED) is 0.452. The van der Waals surface area contributed by atoms with Gasteiger partial charge in [-0.15, -0.1) is 6.42 Å². The zero-order valence-corrected chi connectivity index (χ0v) is 24.4. The second-order valence-electron chi connectivity index (χ2n) is 12.7. The molecule has 2 fully saturated rings. The van der Waals surface area contributed by atoms with Gasteiger partial charge in [-0.3, -0.25) is 14.2 Å². The fraction of sp³-hybridized carbons (Fsp3) is 0.500. The predicted octanol–water partition coefficient (Wildman–Crippen LogP) is 3.38. The molecule has 0 radical (unpaired) electrons. The Morgan fingerprint density at radius 1 is 1.10 bits per heavy atom. The summed E-state index contributed by atoms with van der Waals surface area (Å²) >= 11 is 0. The third kappa shape index (κ3) is 5.53. The average molecular weight is 574 g/mol. The molecule has 0 spiro atoms. The number of benzene rings is 1. The Kier molecular flexibility index (Phi) is 7.90. The molecule has 222 valence electrons. The van der Waals surface area contributed by atoms with E-state index < -0.39 is 17.1 Å². The van der Waals surface area contributed by atoms with Crippen LogP contribution < -0.4 is 5.56 Å². The standard InChI is InChI=1S/C32H39N5O5/c1-5-15-34-16-11-24-27(34)33-21-36(29(24)39)20-32(42)13-18-35(19-14-32)28(38)23-12-17-37(30(40)41)26(31(2,3)4)25(23)22-9-7-6-8-10-22/h1,6-11,16,21,23,25-26,42H,12-15,17-20H2,2-4H3,(H,40,41)/t23-,25+,26?/m1/s1. The van der Waals surface area contributed by atoms with E-state index in [1.807, 2.05) is 51.1 Å². The smallest absolute Gasteiger partial charge is 0.407 e. The van der Waals surface area contributed by atoms with Gasteiger partial charge in [0, 0.05) is 43.7 Å². The highest BCUT2D eigenvalue weighted by atomic mass is 16.4. The number of carboxylic acid groups (broad SMARTS) is 1. The van der Waals surface area contributed by atoms with Gasteiger partial charge in [0.1, 0.15) is 12.0 Å². The summed E-state index contributed by atoms with van der Waals surface area (Å²) in [5.41, 5.74) is -0.349. The minimum atomic E-state index is -1.17. The second kappa shape index (κ2) is 11.3. The van der Waals surface area contributed by atoms with Gasteiger partial charge < -0.3 is 24.6 Å². The van der Waals surface area contributed by atoms with Crippen molar-refractivity contribution in [3.05, 3.63) is 64.8 Å². The van der Waals surface area contributed by atoms with Crippen molar-refractivity contribution in [1.29, 1.82) is 0 Å². The lowest BCUT2D eigenvalue weighted by molar-refractivity contribution is -0.144. The van der Waals surface area contributed by atoms with E-state index in [9.17, 15) is 24.6 Å². The maximum absolute atomic E-state index is 14.1. The number of piperidine rings is 2. The molecule has 3 atom stereocenters.